The maximum atomic E-state index is 11.2. The molecular formula is C10H8Cl2O3. The van der Waals surface area contributed by atoms with Crippen LogP contribution < -0.4 is 0 Å². The summed E-state index contributed by atoms with van der Waals surface area (Å²) in [7, 11) is 1.22. The topological polar surface area (TPSA) is 46.5 Å². The molecule has 0 heterocycles. The van der Waals surface area contributed by atoms with Crippen molar-refractivity contribution in [2.75, 3.05) is 7.11 Å². The van der Waals surface area contributed by atoms with Gasteiger partial charge in [-0.2, -0.15) is 0 Å². The van der Waals surface area contributed by atoms with Gasteiger partial charge in [-0.15, -0.1) is 0 Å². The van der Waals surface area contributed by atoms with Crippen LogP contribution in [0, 0.1) is 0 Å². The maximum absolute atomic E-state index is 11.2. The molecule has 1 aromatic carbocycles. The summed E-state index contributed by atoms with van der Waals surface area (Å²) >= 11 is 11.6. The second kappa shape index (κ2) is 5.05. The number of carbonyl (C=O) groups is 1. The Balaban J connectivity index is 3.20. The predicted octanol–water partition coefficient (Wildman–Crippen LogP) is 3.07. The first-order valence-corrected chi connectivity index (χ1v) is 4.74. The molecule has 0 aliphatic heterocycles. The van der Waals surface area contributed by atoms with Crippen molar-refractivity contribution in [1.29, 1.82) is 0 Å². The third-order valence-corrected chi connectivity index (χ3v) is 2.30. The van der Waals surface area contributed by atoms with Crippen LogP contribution in [0.2, 0.25) is 10.0 Å². The largest absolute Gasteiger partial charge is 0.515 e. The van der Waals surface area contributed by atoms with Crippen LogP contribution in [0.1, 0.15) is 5.56 Å². The van der Waals surface area contributed by atoms with Crippen molar-refractivity contribution in [2.45, 2.75) is 0 Å². The average Bonchev–Trinajstić information content (AvgIpc) is 2.21. The van der Waals surface area contributed by atoms with E-state index in [1.807, 2.05) is 0 Å². The number of esters is 1. The third kappa shape index (κ3) is 2.64. The minimum absolute atomic E-state index is 0.0147. The summed E-state index contributed by atoms with van der Waals surface area (Å²) in [4.78, 5) is 11.2. The lowest BCUT2D eigenvalue weighted by atomic mass is 10.1. The van der Waals surface area contributed by atoms with E-state index in [-0.39, 0.29) is 10.6 Å². The van der Waals surface area contributed by atoms with E-state index in [1.165, 1.54) is 19.2 Å². The Bertz CT molecular complexity index is 413. The molecule has 0 aliphatic rings. The van der Waals surface area contributed by atoms with Crippen LogP contribution in [-0.2, 0) is 9.53 Å². The summed E-state index contributed by atoms with van der Waals surface area (Å²) in [5, 5.41) is 9.64. The molecule has 0 unspecified atom stereocenters. The van der Waals surface area contributed by atoms with Gasteiger partial charge in [-0.05, 0) is 12.1 Å². The normalized spacial score (nSPS) is 11.3. The van der Waals surface area contributed by atoms with E-state index in [0.29, 0.717) is 16.8 Å². The van der Waals surface area contributed by atoms with Crippen molar-refractivity contribution >= 4 is 34.7 Å². The van der Waals surface area contributed by atoms with Crippen molar-refractivity contribution in [1.82, 2.24) is 0 Å². The summed E-state index contributed by atoms with van der Waals surface area (Å²) in [6, 6.07) is 4.57. The number of aliphatic hydroxyl groups excluding tert-OH is 1. The number of methoxy groups -OCH3 is 1. The minimum atomic E-state index is -0.665. The van der Waals surface area contributed by atoms with E-state index in [0.717, 1.165) is 0 Å². The van der Waals surface area contributed by atoms with E-state index < -0.39 is 5.97 Å². The first kappa shape index (κ1) is 11.9. The highest BCUT2D eigenvalue weighted by atomic mass is 35.5. The molecule has 5 heteroatoms. The SMILES string of the molecule is COC(=O)/C(=C\O)c1ccc(Cl)cc1Cl. The molecule has 0 atom stereocenters. The molecule has 80 valence electrons. The lowest BCUT2D eigenvalue weighted by Crippen LogP contribution is -2.04. The van der Waals surface area contributed by atoms with Gasteiger partial charge < -0.3 is 9.84 Å². The number of carbonyl (C=O) groups excluding carboxylic acids is 1. The zero-order chi connectivity index (χ0) is 11.4. The Kier molecular flexibility index (Phi) is 4.00. The van der Waals surface area contributed by atoms with Gasteiger partial charge in [-0.1, -0.05) is 29.3 Å². The summed E-state index contributed by atoms with van der Waals surface area (Å²) < 4.78 is 4.48. The molecule has 0 spiro atoms. The summed E-state index contributed by atoms with van der Waals surface area (Å²) in [6.07, 6.45) is 0.654. The van der Waals surface area contributed by atoms with Crippen molar-refractivity contribution in [3.63, 3.8) is 0 Å². The Labute approximate surface area is 96.9 Å². The number of halogens is 2. The Morgan fingerprint density at radius 2 is 2.13 bits per heavy atom. The quantitative estimate of drug-likeness (QED) is 0.496. The highest BCUT2D eigenvalue weighted by Crippen LogP contribution is 2.27. The zero-order valence-corrected chi connectivity index (χ0v) is 9.34. The second-order valence-corrected chi connectivity index (χ2v) is 3.50. The minimum Gasteiger partial charge on any atom is -0.515 e. The van der Waals surface area contributed by atoms with Gasteiger partial charge >= 0.3 is 5.97 Å². The van der Waals surface area contributed by atoms with Crippen LogP contribution in [0.3, 0.4) is 0 Å². The number of hydrogen-bond acceptors (Lipinski definition) is 3. The van der Waals surface area contributed by atoms with Crippen LogP contribution in [0.5, 0.6) is 0 Å². The zero-order valence-electron chi connectivity index (χ0n) is 7.83. The second-order valence-electron chi connectivity index (χ2n) is 2.66. The monoisotopic (exact) mass is 246 g/mol. The van der Waals surface area contributed by atoms with Gasteiger partial charge in [-0.25, -0.2) is 4.79 Å². The van der Waals surface area contributed by atoms with Gasteiger partial charge in [-0.3, -0.25) is 0 Å². The van der Waals surface area contributed by atoms with Crippen LogP contribution in [0.4, 0.5) is 0 Å². The van der Waals surface area contributed by atoms with E-state index in [1.54, 1.807) is 6.07 Å². The van der Waals surface area contributed by atoms with Crippen molar-refractivity contribution in [3.05, 3.63) is 40.1 Å². The molecule has 0 amide bonds. The smallest absolute Gasteiger partial charge is 0.341 e. The highest BCUT2D eigenvalue weighted by Gasteiger charge is 2.15. The maximum Gasteiger partial charge on any atom is 0.341 e. The number of rotatable bonds is 2. The highest BCUT2D eigenvalue weighted by molar-refractivity contribution is 6.37. The molecule has 0 bridgehead atoms. The summed E-state index contributed by atoms with van der Waals surface area (Å²) in [6.45, 7) is 0. The molecule has 15 heavy (non-hydrogen) atoms. The van der Waals surface area contributed by atoms with Gasteiger partial charge in [0.25, 0.3) is 0 Å². The van der Waals surface area contributed by atoms with E-state index in [4.69, 9.17) is 28.3 Å². The molecule has 0 fully saturated rings. The number of aliphatic hydroxyl groups is 1. The van der Waals surface area contributed by atoms with Crippen molar-refractivity contribution in [3.8, 4) is 0 Å². The Morgan fingerprint density at radius 1 is 1.47 bits per heavy atom. The average molecular weight is 247 g/mol. The van der Waals surface area contributed by atoms with Gasteiger partial charge in [0.05, 0.1) is 18.4 Å². The van der Waals surface area contributed by atoms with Gasteiger partial charge in [0.2, 0.25) is 0 Å². The van der Waals surface area contributed by atoms with Gasteiger partial charge in [0, 0.05) is 10.6 Å². The molecule has 1 aromatic rings. The fourth-order valence-electron chi connectivity index (χ4n) is 1.05. The molecule has 0 aliphatic carbocycles. The molecule has 3 nitrogen and oxygen atoms in total. The number of benzene rings is 1. The molecule has 1 rings (SSSR count). The van der Waals surface area contributed by atoms with E-state index in [2.05, 4.69) is 4.74 Å². The molecule has 1 N–H and O–H groups in total. The van der Waals surface area contributed by atoms with Gasteiger partial charge in [0.1, 0.15) is 5.57 Å². The molecule has 0 saturated carbocycles. The Hall–Kier alpha value is -1.19. The van der Waals surface area contributed by atoms with Crippen LogP contribution in [-0.4, -0.2) is 18.2 Å². The lowest BCUT2D eigenvalue weighted by Gasteiger charge is -2.06. The lowest BCUT2D eigenvalue weighted by molar-refractivity contribution is -0.133. The van der Waals surface area contributed by atoms with Crippen LogP contribution >= 0.6 is 23.2 Å². The molecule has 0 radical (unpaired) electrons. The third-order valence-electron chi connectivity index (χ3n) is 1.76. The first-order valence-electron chi connectivity index (χ1n) is 3.98. The number of hydrogen-bond donors (Lipinski definition) is 1. The molecule has 0 saturated heterocycles. The summed E-state index contributed by atoms with van der Waals surface area (Å²) in [5.41, 5.74) is 0.356. The fourth-order valence-corrected chi connectivity index (χ4v) is 1.56. The Morgan fingerprint density at radius 3 is 2.60 bits per heavy atom. The van der Waals surface area contributed by atoms with Gasteiger partial charge in [0.15, 0.2) is 0 Å². The van der Waals surface area contributed by atoms with Crippen molar-refractivity contribution in [2.24, 2.45) is 0 Å². The number of ether oxygens (including phenoxy) is 1. The van der Waals surface area contributed by atoms with Crippen molar-refractivity contribution < 1.29 is 14.6 Å². The standard InChI is InChI=1S/C10H8Cl2O3/c1-15-10(14)8(5-13)7-3-2-6(11)4-9(7)12/h2-5,13H,1H3/b8-5-. The fraction of sp³-hybridized carbons (Fsp3) is 0.100. The predicted molar refractivity (Wildman–Crippen MR) is 59.1 cm³/mol. The van der Waals surface area contributed by atoms with E-state index in [9.17, 15) is 4.79 Å². The van der Waals surface area contributed by atoms with E-state index >= 15 is 0 Å². The molecule has 0 aromatic heterocycles. The first-order chi connectivity index (χ1) is 7.10. The van der Waals surface area contributed by atoms with Crippen LogP contribution in [0.15, 0.2) is 24.5 Å². The van der Waals surface area contributed by atoms with Crippen LogP contribution in [0.25, 0.3) is 5.57 Å². The summed E-state index contributed by atoms with van der Waals surface area (Å²) in [5.74, 6) is -0.665. The molecular weight excluding hydrogens is 239 g/mol.